The van der Waals surface area contributed by atoms with Crippen molar-refractivity contribution >= 4 is 17.3 Å². The van der Waals surface area contributed by atoms with E-state index in [1.165, 1.54) is 18.2 Å². The van der Waals surface area contributed by atoms with Gasteiger partial charge in [0.2, 0.25) is 5.75 Å². The number of ether oxygens (including phenoxy) is 1. The van der Waals surface area contributed by atoms with E-state index in [9.17, 15) is 10.1 Å². The molecule has 0 aliphatic heterocycles. The van der Waals surface area contributed by atoms with Gasteiger partial charge in [-0.25, -0.2) is 0 Å². The molecule has 6 heteroatoms. The maximum absolute atomic E-state index is 10.9. The standard InChI is InChI=1S/C13H10ClNO4/c14-11-5-2-6-12(15(17)18)13(11)19-10-4-1-3-9(7-10)8-16/h1-7,16H,8H2. The molecule has 5 nitrogen and oxygen atoms in total. The molecule has 0 aliphatic carbocycles. The van der Waals surface area contributed by atoms with Gasteiger partial charge in [0, 0.05) is 6.07 Å². The Balaban J connectivity index is 2.40. The molecule has 0 heterocycles. The van der Waals surface area contributed by atoms with Crippen molar-refractivity contribution in [2.24, 2.45) is 0 Å². The molecule has 0 aliphatic rings. The van der Waals surface area contributed by atoms with Gasteiger partial charge >= 0.3 is 5.69 Å². The molecular formula is C13H10ClNO4. The summed E-state index contributed by atoms with van der Waals surface area (Å²) in [4.78, 5) is 10.4. The van der Waals surface area contributed by atoms with Gasteiger partial charge in [0.25, 0.3) is 0 Å². The fourth-order valence-corrected chi connectivity index (χ4v) is 1.78. The fraction of sp³-hybridized carbons (Fsp3) is 0.0769. The molecule has 1 N–H and O–H groups in total. The normalized spacial score (nSPS) is 10.2. The highest BCUT2D eigenvalue weighted by Gasteiger charge is 2.18. The lowest BCUT2D eigenvalue weighted by Gasteiger charge is -2.08. The molecule has 0 bridgehead atoms. The van der Waals surface area contributed by atoms with Crippen molar-refractivity contribution in [1.82, 2.24) is 0 Å². The molecule has 0 spiro atoms. The highest BCUT2D eigenvalue weighted by Crippen LogP contribution is 2.37. The summed E-state index contributed by atoms with van der Waals surface area (Å²) in [6.07, 6.45) is 0. The highest BCUT2D eigenvalue weighted by atomic mass is 35.5. The van der Waals surface area contributed by atoms with E-state index in [0.29, 0.717) is 11.3 Å². The number of nitrogens with zero attached hydrogens (tertiary/aromatic N) is 1. The Morgan fingerprint density at radius 2 is 2.00 bits per heavy atom. The number of hydrogen-bond donors (Lipinski definition) is 1. The number of benzene rings is 2. The van der Waals surface area contributed by atoms with E-state index in [1.54, 1.807) is 24.3 Å². The Kier molecular flexibility index (Phi) is 3.99. The minimum Gasteiger partial charge on any atom is -0.449 e. The van der Waals surface area contributed by atoms with Crippen LogP contribution in [0.3, 0.4) is 0 Å². The fourth-order valence-electron chi connectivity index (χ4n) is 1.57. The SMILES string of the molecule is O=[N+]([O-])c1cccc(Cl)c1Oc1cccc(CO)c1. The predicted molar refractivity (Wildman–Crippen MR) is 70.5 cm³/mol. The van der Waals surface area contributed by atoms with Gasteiger partial charge in [-0.3, -0.25) is 10.1 Å². The van der Waals surface area contributed by atoms with Crippen LogP contribution in [0.5, 0.6) is 11.5 Å². The summed E-state index contributed by atoms with van der Waals surface area (Å²) >= 11 is 5.92. The summed E-state index contributed by atoms with van der Waals surface area (Å²) in [5, 5.41) is 20.1. The largest absolute Gasteiger partial charge is 0.449 e. The molecule has 0 saturated carbocycles. The van der Waals surface area contributed by atoms with Gasteiger partial charge in [0.15, 0.2) is 0 Å². The molecule has 19 heavy (non-hydrogen) atoms. The quantitative estimate of drug-likeness (QED) is 0.686. The molecule has 0 amide bonds. The molecule has 0 atom stereocenters. The zero-order valence-electron chi connectivity index (χ0n) is 9.75. The average molecular weight is 280 g/mol. The number of para-hydroxylation sites is 1. The Labute approximate surface area is 114 Å². The van der Waals surface area contributed by atoms with Crippen molar-refractivity contribution in [3.63, 3.8) is 0 Å². The van der Waals surface area contributed by atoms with E-state index in [2.05, 4.69) is 0 Å². The van der Waals surface area contributed by atoms with Gasteiger partial charge in [-0.1, -0.05) is 29.8 Å². The molecule has 0 aromatic heterocycles. The summed E-state index contributed by atoms with van der Waals surface area (Å²) in [6, 6.07) is 10.9. The monoisotopic (exact) mass is 279 g/mol. The van der Waals surface area contributed by atoms with Crippen LogP contribution < -0.4 is 4.74 Å². The van der Waals surface area contributed by atoms with Gasteiger partial charge in [-0.15, -0.1) is 0 Å². The van der Waals surface area contributed by atoms with Gasteiger partial charge in [-0.2, -0.15) is 0 Å². The van der Waals surface area contributed by atoms with Gasteiger partial charge in [0.05, 0.1) is 16.6 Å². The summed E-state index contributed by atoms with van der Waals surface area (Å²) in [5.74, 6) is 0.368. The molecule has 2 aromatic rings. The molecule has 0 saturated heterocycles. The van der Waals surface area contributed by atoms with Crippen LogP contribution in [0.2, 0.25) is 5.02 Å². The van der Waals surface area contributed by atoms with Crippen LogP contribution in [0.1, 0.15) is 5.56 Å². The maximum atomic E-state index is 10.9. The molecule has 2 aromatic carbocycles. The Bertz CT molecular complexity index is 615. The minimum absolute atomic E-state index is 0.00995. The van der Waals surface area contributed by atoms with Crippen LogP contribution in [0.15, 0.2) is 42.5 Å². The second-order valence-electron chi connectivity index (χ2n) is 3.75. The van der Waals surface area contributed by atoms with Crippen molar-refractivity contribution in [3.05, 3.63) is 63.2 Å². The number of aliphatic hydroxyl groups excluding tert-OH is 1. The Hall–Kier alpha value is -2.11. The average Bonchev–Trinajstić information content (AvgIpc) is 2.41. The van der Waals surface area contributed by atoms with Crippen LogP contribution in [0.25, 0.3) is 0 Å². The van der Waals surface area contributed by atoms with E-state index in [4.69, 9.17) is 21.4 Å². The van der Waals surface area contributed by atoms with E-state index in [-0.39, 0.29) is 23.1 Å². The van der Waals surface area contributed by atoms with Gasteiger partial charge < -0.3 is 9.84 Å². The number of nitro benzene ring substituents is 1. The first-order valence-electron chi connectivity index (χ1n) is 5.42. The smallest absolute Gasteiger partial charge is 0.313 e. The summed E-state index contributed by atoms with van der Waals surface area (Å²) < 4.78 is 5.46. The minimum atomic E-state index is -0.558. The van der Waals surface area contributed by atoms with Crippen LogP contribution in [0.4, 0.5) is 5.69 Å². The number of hydrogen-bond acceptors (Lipinski definition) is 4. The Morgan fingerprint density at radius 3 is 2.68 bits per heavy atom. The van der Waals surface area contributed by atoms with Gasteiger partial charge in [-0.05, 0) is 23.8 Å². The van der Waals surface area contributed by atoms with E-state index in [1.807, 2.05) is 0 Å². The first-order chi connectivity index (χ1) is 9.11. The first-order valence-corrected chi connectivity index (χ1v) is 5.80. The highest BCUT2D eigenvalue weighted by molar-refractivity contribution is 6.32. The van der Waals surface area contributed by atoms with E-state index < -0.39 is 4.92 Å². The van der Waals surface area contributed by atoms with Crippen molar-refractivity contribution in [2.75, 3.05) is 0 Å². The molecule has 0 fully saturated rings. The third-order valence-corrected chi connectivity index (χ3v) is 2.74. The van der Waals surface area contributed by atoms with Crippen LogP contribution in [-0.2, 0) is 6.61 Å². The summed E-state index contributed by atoms with van der Waals surface area (Å²) in [6.45, 7) is -0.137. The van der Waals surface area contributed by atoms with Crippen molar-refractivity contribution in [1.29, 1.82) is 0 Å². The summed E-state index contributed by atoms with van der Waals surface area (Å²) in [5.41, 5.74) is 0.439. The van der Waals surface area contributed by atoms with Crippen LogP contribution in [0, 0.1) is 10.1 Å². The second-order valence-corrected chi connectivity index (χ2v) is 4.16. The number of nitro groups is 1. The molecule has 98 valence electrons. The second kappa shape index (κ2) is 5.69. The van der Waals surface area contributed by atoms with Crippen molar-refractivity contribution < 1.29 is 14.8 Å². The number of rotatable bonds is 4. The van der Waals surface area contributed by atoms with Crippen molar-refractivity contribution in [2.45, 2.75) is 6.61 Å². The lowest BCUT2D eigenvalue weighted by atomic mass is 10.2. The molecular weight excluding hydrogens is 270 g/mol. The van der Waals surface area contributed by atoms with Crippen LogP contribution >= 0.6 is 11.6 Å². The summed E-state index contributed by atoms with van der Waals surface area (Å²) in [7, 11) is 0. The topological polar surface area (TPSA) is 72.6 Å². The Morgan fingerprint density at radius 1 is 1.26 bits per heavy atom. The molecule has 0 radical (unpaired) electrons. The van der Waals surface area contributed by atoms with Crippen LogP contribution in [-0.4, -0.2) is 10.0 Å². The lowest BCUT2D eigenvalue weighted by molar-refractivity contribution is -0.385. The zero-order chi connectivity index (χ0) is 13.8. The van der Waals surface area contributed by atoms with E-state index >= 15 is 0 Å². The van der Waals surface area contributed by atoms with Crippen molar-refractivity contribution in [3.8, 4) is 11.5 Å². The molecule has 0 unspecified atom stereocenters. The predicted octanol–water partition coefficient (Wildman–Crippen LogP) is 3.53. The lowest BCUT2D eigenvalue weighted by Crippen LogP contribution is -1.94. The maximum Gasteiger partial charge on any atom is 0.313 e. The first kappa shape index (κ1) is 13.3. The third kappa shape index (κ3) is 3.01. The number of aliphatic hydroxyl groups is 1. The third-order valence-electron chi connectivity index (χ3n) is 2.44. The molecule has 2 rings (SSSR count). The zero-order valence-corrected chi connectivity index (χ0v) is 10.5. The van der Waals surface area contributed by atoms with E-state index in [0.717, 1.165) is 0 Å². The number of halogens is 1. The van der Waals surface area contributed by atoms with Gasteiger partial charge in [0.1, 0.15) is 5.75 Å².